The van der Waals surface area contributed by atoms with Crippen molar-refractivity contribution in [2.75, 3.05) is 24.8 Å². The number of aliphatic imine (C=N–C) groups is 1. The van der Waals surface area contributed by atoms with E-state index in [9.17, 15) is 4.79 Å². The summed E-state index contributed by atoms with van der Waals surface area (Å²) in [5.74, 6) is 0.471. The number of fused-ring (bicyclic) bond motifs is 1. The topological polar surface area (TPSA) is 105 Å². The van der Waals surface area contributed by atoms with Crippen molar-refractivity contribution >= 4 is 48.0 Å². The van der Waals surface area contributed by atoms with Crippen LogP contribution in [-0.4, -0.2) is 34.9 Å². The predicted octanol–water partition coefficient (Wildman–Crippen LogP) is 1.12. The largest absolute Gasteiger partial charge is 0.379 e. The summed E-state index contributed by atoms with van der Waals surface area (Å²) in [7, 11) is 1.58. The summed E-state index contributed by atoms with van der Waals surface area (Å²) in [5, 5.41) is 3.13. The smallest absolute Gasteiger partial charge is 0.280 e. The normalized spacial score (nSPS) is 15.2. The average Bonchev–Trinajstić information content (AvgIpc) is 2.19. The van der Waals surface area contributed by atoms with E-state index in [1.807, 2.05) is 13.8 Å². The summed E-state index contributed by atoms with van der Waals surface area (Å²) in [6, 6.07) is 0. The Balaban J connectivity index is 0.00000162. The highest BCUT2D eigenvalue weighted by atomic mass is 35.5. The summed E-state index contributed by atoms with van der Waals surface area (Å²) in [6.07, 6.45) is 0. The second-order valence-electron chi connectivity index (χ2n) is 4.39. The molecule has 0 unspecified atom stereocenters. The fourth-order valence-electron chi connectivity index (χ4n) is 1.67. The summed E-state index contributed by atoms with van der Waals surface area (Å²) < 4.78 is 5.07. The molecule has 0 bridgehead atoms. The molecule has 4 N–H and O–H groups in total. The molecule has 0 amide bonds. The highest BCUT2D eigenvalue weighted by molar-refractivity contribution is 6.01. The summed E-state index contributed by atoms with van der Waals surface area (Å²) >= 11 is 0. The number of nitrogens with zero attached hydrogens (tertiary/aromatic N) is 2. The SMILES string of the molecule is COCC1=Nc2c(nc(N)[nH]c2=O)NC1(C)C.Cl.Cl. The van der Waals surface area contributed by atoms with Gasteiger partial charge < -0.3 is 15.8 Å². The Morgan fingerprint density at radius 3 is 2.58 bits per heavy atom. The number of hydrogen-bond donors (Lipinski definition) is 3. The Morgan fingerprint density at radius 2 is 2.00 bits per heavy atom. The number of ether oxygens (including phenoxy) is 1. The van der Waals surface area contributed by atoms with Crippen LogP contribution in [0.2, 0.25) is 0 Å². The summed E-state index contributed by atoms with van der Waals surface area (Å²) in [5.41, 5.74) is 5.69. The molecule has 2 heterocycles. The number of nitrogens with two attached hydrogens (primary N) is 1. The van der Waals surface area contributed by atoms with E-state index in [1.165, 1.54) is 0 Å². The first-order chi connectivity index (χ1) is 7.94. The Kier molecular flexibility index (Phi) is 5.80. The predicted molar refractivity (Wildman–Crippen MR) is 80.4 cm³/mol. The maximum atomic E-state index is 11.7. The Bertz CT molecular complexity index is 541. The number of anilines is 2. The van der Waals surface area contributed by atoms with E-state index in [0.717, 1.165) is 5.71 Å². The van der Waals surface area contributed by atoms with Crippen LogP contribution in [0.25, 0.3) is 0 Å². The molecular formula is C10H17Cl2N5O2. The third kappa shape index (κ3) is 3.37. The molecule has 1 aromatic rings. The molecule has 2 rings (SSSR count). The maximum Gasteiger partial charge on any atom is 0.280 e. The molecule has 0 saturated heterocycles. The molecule has 9 heteroatoms. The Hall–Kier alpha value is -1.31. The number of nitrogen functional groups attached to an aromatic ring is 1. The molecule has 0 radical (unpaired) electrons. The van der Waals surface area contributed by atoms with Crippen LogP contribution in [0.15, 0.2) is 9.79 Å². The fourth-order valence-corrected chi connectivity index (χ4v) is 1.67. The highest BCUT2D eigenvalue weighted by Crippen LogP contribution is 2.29. The molecule has 108 valence electrons. The van der Waals surface area contributed by atoms with Crippen LogP contribution in [0, 0.1) is 0 Å². The number of aromatic nitrogens is 2. The lowest BCUT2D eigenvalue weighted by Crippen LogP contribution is -2.45. The van der Waals surface area contributed by atoms with Crippen molar-refractivity contribution in [2.24, 2.45) is 4.99 Å². The minimum absolute atomic E-state index is 0. The van der Waals surface area contributed by atoms with E-state index in [-0.39, 0.29) is 42.0 Å². The van der Waals surface area contributed by atoms with Crippen LogP contribution < -0.4 is 16.6 Å². The highest BCUT2D eigenvalue weighted by Gasteiger charge is 2.31. The first-order valence-electron chi connectivity index (χ1n) is 5.19. The second-order valence-corrected chi connectivity index (χ2v) is 4.39. The van der Waals surface area contributed by atoms with E-state index >= 15 is 0 Å². The molecular weight excluding hydrogens is 293 g/mol. The van der Waals surface area contributed by atoms with Gasteiger partial charge in [0, 0.05) is 7.11 Å². The van der Waals surface area contributed by atoms with Crippen LogP contribution in [0.1, 0.15) is 13.8 Å². The molecule has 1 aliphatic rings. The lowest BCUT2D eigenvalue weighted by atomic mass is 9.97. The fraction of sp³-hybridized carbons (Fsp3) is 0.500. The number of H-pyrrole nitrogens is 1. The quantitative estimate of drug-likeness (QED) is 0.759. The molecule has 0 saturated carbocycles. The molecule has 0 aliphatic carbocycles. The van der Waals surface area contributed by atoms with Gasteiger partial charge in [-0.15, -0.1) is 24.8 Å². The van der Waals surface area contributed by atoms with Gasteiger partial charge in [-0.25, -0.2) is 4.99 Å². The van der Waals surface area contributed by atoms with E-state index in [1.54, 1.807) is 7.11 Å². The molecule has 7 nitrogen and oxygen atoms in total. The van der Waals surface area contributed by atoms with E-state index in [0.29, 0.717) is 12.4 Å². The standard InChI is InChI=1S/C10H15N5O2.2ClH/c1-10(2)5(4-17-3)12-6-7(15-10)13-9(11)14-8(6)16;;/h4H2,1-3H3,(H4,11,13,14,15,16);2*1H. The van der Waals surface area contributed by atoms with Crippen LogP contribution in [0.4, 0.5) is 17.5 Å². The Labute approximate surface area is 122 Å². The van der Waals surface area contributed by atoms with Crippen molar-refractivity contribution < 1.29 is 4.74 Å². The lowest BCUT2D eigenvalue weighted by molar-refractivity contribution is 0.241. The monoisotopic (exact) mass is 309 g/mol. The third-order valence-corrected chi connectivity index (χ3v) is 2.59. The van der Waals surface area contributed by atoms with Gasteiger partial charge in [0.1, 0.15) is 0 Å². The van der Waals surface area contributed by atoms with Gasteiger partial charge in [0.15, 0.2) is 11.5 Å². The van der Waals surface area contributed by atoms with E-state index in [4.69, 9.17) is 10.5 Å². The first kappa shape index (κ1) is 17.7. The van der Waals surface area contributed by atoms with Gasteiger partial charge in [-0.2, -0.15) is 4.98 Å². The van der Waals surface area contributed by atoms with E-state index < -0.39 is 5.54 Å². The van der Waals surface area contributed by atoms with Gasteiger partial charge in [0.2, 0.25) is 5.95 Å². The third-order valence-electron chi connectivity index (χ3n) is 2.59. The zero-order valence-electron chi connectivity index (χ0n) is 10.8. The van der Waals surface area contributed by atoms with Gasteiger partial charge in [-0.05, 0) is 13.8 Å². The van der Waals surface area contributed by atoms with Gasteiger partial charge in [0.25, 0.3) is 5.56 Å². The number of nitrogens with one attached hydrogen (secondary N) is 2. The molecule has 0 fully saturated rings. The van der Waals surface area contributed by atoms with Gasteiger partial charge in [-0.3, -0.25) is 9.78 Å². The second kappa shape index (κ2) is 6.23. The Morgan fingerprint density at radius 1 is 1.37 bits per heavy atom. The van der Waals surface area contributed by atoms with Crippen molar-refractivity contribution in [1.29, 1.82) is 0 Å². The molecule has 0 spiro atoms. The number of halogens is 2. The maximum absolute atomic E-state index is 11.7. The molecule has 1 aromatic heterocycles. The zero-order chi connectivity index (χ0) is 12.6. The van der Waals surface area contributed by atoms with Crippen molar-refractivity contribution in [3.05, 3.63) is 10.4 Å². The minimum Gasteiger partial charge on any atom is -0.379 e. The number of hydrogen-bond acceptors (Lipinski definition) is 6. The number of methoxy groups -OCH3 is 1. The molecule has 19 heavy (non-hydrogen) atoms. The molecule has 1 aliphatic heterocycles. The average molecular weight is 310 g/mol. The van der Waals surface area contributed by atoms with Crippen molar-refractivity contribution in [3.63, 3.8) is 0 Å². The zero-order valence-corrected chi connectivity index (χ0v) is 12.4. The summed E-state index contributed by atoms with van der Waals surface area (Å²) in [4.78, 5) is 22.4. The van der Waals surface area contributed by atoms with Crippen LogP contribution in [0.3, 0.4) is 0 Å². The molecule has 0 atom stereocenters. The van der Waals surface area contributed by atoms with Crippen molar-refractivity contribution in [1.82, 2.24) is 9.97 Å². The van der Waals surface area contributed by atoms with Gasteiger partial charge in [0.05, 0.1) is 17.9 Å². The van der Waals surface area contributed by atoms with Crippen molar-refractivity contribution in [3.8, 4) is 0 Å². The first-order valence-corrected chi connectivity index (χ1v) is 5.19. The lowest BCUT2D eigenvalue weighted by Gasteiger charge is -2.32. The summed E-state index contributed by atoms with van der Waals surface area (Å²) in [6.45, 7) is 4.23. The molecule has 0 aromatic carbocycles. The minimum atomic E-state index is -0.420. The number of rotatable bonds is 2. The van der Waals surface area contributed by atoms with Crippen LogP contribution in [0.5, 0.6) is 0 Å². The van der Waals surface area contributed by atoms with Crippen LogP contribution >= 0.6 is 24.8 Å². The van der Waals surface area contributed by atoms with E-state index in [2.05, 4.69) is 20.3 Å². The van der Waals surface area contributed by atoms with Gasteiger partial charge >= 0.3 is 0 Å². The van der Waals surface area contributed by atoms with Gasteiger partial charge in [-0.1, -0.05) is 0 Å². The number of aromatic amines is 1. The van der Waals surface area contributed by atoms with Crippen molar-refractivity contribution in [2.45, 2.75) is 19.4 Å². The van der Waals surface area contributed by atoms with Crippen LogP contribution in [-0.2, 0) is 4.74 Å².